The predicted octanol–water partition coefficient (Wildman–Crippen LogP) is 4.39. The standard InChI is InChI=1S/C25H24N4O3/c1-2-17(24(31)32)14-16-10-12-20(13-11-16)28-23(30)19-7-5-6-18(15-19)21-8-3-4-9-22(21)29-25(26)27/h3-15H,2H2,1H3,(H,28,30)(H,31,32)(H4,26,27,29)/b17-14+. The number of nitrogens with zero attached hydrogens (tertiary/aromatic N) is 1. The Morgan fingerprint density at radius 3 is 2.38 bits per heavy atom. The maximum Gasteiger partial charge on any atom is 0.331 e. The molecule has 0 spiro atoms. The van der Waals surface area contributed by atoms with Crippen molar-refractivity contribution in [1.29, 1.82) is 0 Å². The summed E-state index contributed by atoms with van der Waals surface area (Å²) in [6.07, 6.45) is 2.04. The van der Waals surface area contributed by atoms with Gasteiger partial charge in [-0.1, -0.05) is 49.4 Å². The van der Waals surface area contributed by atoms with Crippen molar-refractivity contribution in [1.82, 2.24) is 0 Å². The molecule has 0 saturated heterocycles. The van der Waals surface area contributed by atoms with Crippen LogP contribution in [0.3, 0.4) is 0 Å². The lowest BCUT2D eigenvalue weighted by atomic mass is 10.0. The van der Waals surface area contributed by atoms with Crippen molar-refractivity contribution in [3.8, 4) is 11.1 Å². The number of aliphatic imine (C=N–C) groups is 1. The summed E-state index contributed by atoms with van der Waals surface area (Å²) in [5.74, 6) is -1.25. The first-order valence-electron chi connectivity index (χ1n) is 10.0. The molecular formula is C25H24N4O3. The first-order chi connectivity index (χ1) is 15.4. The van der Waals surface area contributed by atoms with Crippen molar-refractivity contribution in [3.05, 3.63) is 89.5 Å². The van der Waals surface area contributed by atoms with Gasteiger partial charge in [-0.05, 0) is 54.0 Å². The Kier molecular flexibility index (Phi) is 7.02. The minimum Gasteiger partial charge on any atom is -0.478 e. The Hall–Kier alpha value is -4.39. The lowest BCUT2D eigenvalue weighted by molar-refractivity contribution is -0.132. The Morgan fingerprint density at radius 2 is 1.72 bits per heavy atom. The van der Waals surface area contributed by atoms with E-state index in [2.05, 4.69) is 10.3 Å². The average Bonchev–Trinajstić information content (AvgIpc) is 2.78. The van der Waals surface area contributed by atoms with Gasteiger partial charge in [-0.25, -0.2) is 9.79 Å². The highest BCUT2D eigenvalue weighted by molar-refractivity contribution is 6.05. The van der Waals surface area contributed by atoms with E-state index in [1.807, 2.05) is 24.3 Å². The van der Waals surface area contributed by atoms with Crippen LogP contribution < -0.4 is 16.8 Å². The monoisotopic (exact) mass is 428 g/mol. The number of hydrogen-bond donors (Lipinski definition) is 4. The predicted molar refractivity (Wildman–Crippen MR) is 128 cm³/mol. The average molecular weight is 428 g/mol. The molecule has 162 valence electrons. The molecule has 0 aliphatic carbocycles. The molecule has 0 aromatic heterocycles. The molecule has 7 nitrogen and oxygen atoms in total. The van der Waals surface area contributed by atoms with Crippen molar-refractivity contribution in [2.24, 2.45) is 16.5 Å². The summed E-state index contributed by atoms with van der Waals surface area (Å²) in [6, 6.07) is 21.5. The minimum atomic E-state index is -0.939. The topological polar surface area (TPSA) is 131 Å². The fraction of sp³-hybridized carbons (Fsp3) is 0.0800. The zero-order valence-electron chi connectivity index (χ0n) is 17.6. The molecule has 6 N–H and O–H groups in total. The second-order valence-corrected chi connectivity index (χ2v) is 7.04. The first kappa shape index (κ1) is 22.3. The van der Waals surface area contributed by atoms with Crippen LogP contribution in [-0.2, 0) is 4.79 Å². The Labute approximate surface area is 186 Å². The Bertz CT molecular complexity index is 1190. The highest BCUT2D eigenvalue weighted by Crippen LogP contribution is 2.30. The number of benzene rings is 3. The fourth-order valence-electron chi connectivity index (χ4n) is 3.16. The molecule has 7 heteroatoms. The quantitative estimate of drug-likeness (QED) is 0.252. The highest BCUT2D eigenvalue weighted by atomic mass is 16.4. The molecular weight excluding hydrogens is 404 g/mol. The van der Waals surface area contributed by atoms with Crippen molar-refractivity contribution >= 4 is 35.3 Å². The third-order valence-corrected chi connectivity index (χ3v) is 4.75. The number of nitrogens with one attached hydrogen (secondary N) is 1. The van der Waals surface area contributed by atoms with Gasteiger partial charge in [0.05, 0.1) is 5.69 Å². The van der Waals surface area contributed by atoms with Crippen LogP contribution >= 0.6 is 0 Å². The van der Waals surface area contributed by atoms with E-state index in [1.54, 1.807) is 61.5 Å². The van der Waals surface area contributed by atoms with Crippen LogP contribution in [0.15, 0.2) is 83.4 Å². The van der Waals surface area contributed by atoms with Gasteiger partial charge in [0.15, 0.2) is 5.96 Å². The molecule has 0 radical (unpaired) electrons. The normalized spacial score (nSPS) is 11.0. The van der Waals surface area contributed by atoms with Gasteiger partial charge < -0.3 is 21.9 Å². The van der Waals surface area contributed by atoms with Gasteiger partial charge in [-0.15, -0.1) is 0 Å². The summed E-state index contributed by atoms with van der Waals surface area (Å²) in [5, 5.41) is 12.0. The van der Waals surface area contributed by atoms with E-state index < -0.39 is 5.97 Å². The van der Waals surface area contributed by atoms with Gasteiger partial charge in [0.1, 0.15) is 0 Å². The van der Waals surface area contributed by atoms with Crippen molar-refractivity contribution in [3.63, 3.8) is 0 Å². The number of nitrogens with two attached hydrogens (primary N) is 2. The molecule has 3 aromatic carbocycles. The maximum atomic E-state index is 12.8. The SMILES string of the molecule is CC/C(=C\c1ccc(NC(=O)c2cccc(-c3ccccc3N=C(N)N)c2)cc1)C(=O)O. The molecule has 0 saturated carbocycles. The van der Waals surface area contributed by atoms with Gasteiger partial charge >= 0.3 is 5.97 Å². The van der Waals surface area contributed by atoms with Crippen LogP contribution in [0, 0.1) is 0 Å². The zero-order chi connectivity index (χ0) is 23.1. The molecule has 3 aromatic rings. The van der Waals surface area contributed by atoms with E-state index in [1.165, 1.54) is 0 Å². The van der Waals surface area contributed by atoms with E-state index in [0.29, 0.717) is 28.9 Å². The van der Waals surface area contributed by atoms with Crippen molar-refractivity contribution in [2.75, 3.05) is 5.32 Å². The number of aliphatic carboxylic acids is 1. The van der Waals surface area contributed by atoms with Crippen molar-refractivity contribution < 1.29 is 14.7 Å². The number of para-hydroxylation sites is 1. The summed E-state index contributed by atoms with van der Waals surface area (Å²) in [7, 11) is 0. The summed E-state index contributed by atoms with van der Waals surface area (Å²) < 4.78 is 0. The van der Waals surface area contributed by atoms with E-state index in [4.69, 9.17) is 16.6 Å². The summed E-state index contributed by atoms with van der Waals surface area (Å²) in [6.45, 7) is 1.79. The zero-order valence-corrected chi connectivity index (χ0v) is 17.6. The molecule has 1 amide bonds. The molecule has 0 aliphatic heterocycles. The number of carboxylic acids is 1. The molecule has 0 heterocycles. The van der Waals surface area contributed by atoms with Crippen LogP contribution in [0.5, 0.6) is 0 Å². The number of hydrogen-bond acceptors (Lipinski definition) is 3. The van der Waals surface area contributed by atoms with Crippen LogP contribution in [0.2, 0.25) is 0 Å². The van der Waals surface area contributed by atoms with Crippen molar-refractivity contribution in [2.45, 2.75) is 13.3 Å². The molecule has 3 rings (SSSR count). The van der Waals surface area contributed by atoms with Gasteiger partial charge in [-0.2, -0.15) is 0 Å². The first-order valence-corrected chi connectivity index (χ1v) is 10.0. The van der Waals surface area contributed by atoms with E-state index >= 15 is 0 Å². The summed E-state index contributed by atoms with van der Waals surface area (Å²) in [5.41, 5.74) is 15.4. The summed E-state index contributed by atoms with van der Waals surface area (Å²) >= 11 is 0. The van der Waals surface area contributed by atoms with Gasteiger partial charge in [0, 0.05) is 22.4 Å². The van der Waals surface area contributed by atoms with E-state index in [-0.39, 0.29) is 11.9 Å². The second-order valence-electron chi connectivity index (χ2n) is 7.04. The van der Waals surface area contributed by atoms with Crippen LogP contribution in [0.1, 0.15) is 29.3 Å². The molecule has 0 fully saturated rings. The molecule has 0 unspecified atom stereocenters. The molecule has 0 bridgehead atoms. The van der Waals surface area contributed by atoms with E-state index in [9.17, 15) is 9.59 Å². The number of anilines is 1. The third-order valence-electron chi connectivity index (χ3n) is 4.75. The lowest BCUT2D eigenvalue weighted by Crippen LogP contribution is -2.21. The number of carbonyl (C=O) groups excluding carboxylic acids is 1. The molecule has 0 aliphatic rings. The number of carbonyl (C=O) groups is 2. The smallest absolute Gasteiger partial charge is 0.331 e. The third kappa shape index (κ3) is 5.60. The van der Waals surface area contributed by atoms with Gasteiger partial charge in [-0.3, -0.25) is 4.79 Å². The highest BCUT2D eigenvalue weighted by Gasteiger charge is 2.10. The van der Waals surface area contributed by atoms with Crippen LogP contribution in [-0.4, -0.2) is 22.9 Å². The lowest BCUT2D eigenvalue weighted by Gasteiger charge is -2.10. The van der Waals surface area contributed by atoms with Crippen LogP contribution in [0.4, 0.5) is 11.4 Å². The largest absolute Gasteiger partial charge is 0.478 e. The minimum absolute atomic E-state index is 0.0425. The number of carboxylic acid groups (broad SMARTS) is 1. The van der Waals surface area contributed by atoms with E-state index in [0.717, 1.165) is 16.7 Å². The van der Waals surface area contributed by atoms with Crippen LogP contribution in [0.25, 0.3) is 17.2 Å². The Balaban J connectivity index is 1.80. The summed E-state index contributed by atoms with van der Waals surface area (Å²) in [4.78, 5) is 28.1. The van der Waals surface area contributed by atoms with Gasteiger partial charge in [0.25, 0.3) is 5.91 Å². The maximum absolute atomic E-state index is 12.8. The van der Waals surface area contributed by atoms with Gasteiger partial charge in [0.2, 0.25) is 0 Å². The number of rotatable bonds is 7. The number of amides is 1. The second kappa shape index (κ2) is 10.1. The molecule has 0 atom stereocenters. The number of guanidine groups is 1. The fourth-order valence-corrected chi connectivity index (χ4v) is 3.16. The Morgan fingerprint density at radius 1 is 1.00 bits per heavy atom. The molecule has 32 heavy (non-hydrogen) atoms.